The minimum atomic E-state index is -0.560. The molecule has 2 saturated heterocycles. The Labute approximate surface area is 202 Å². The van der Waals surface area contributed by atoms with Crippen molar-refractivity contribution < 1.29 is 32.7 Å². The predicted molar refractivity (Wildman–Crippen MR) is 124 cm³/mol. The molecule has 2 aromatic rings. The van der Waals surface area contributed by atoms with Crippen LogP contribution in [0, 0.1) is 5.82 Å². The zero-order chi connectivity index (χ0) is 24.9. The summed E-state index contributed by atoms with van der Waals surface area (Å²) in [4.78, 5) is 39.8. The molecule has 10 nitrogen and oxygen atoms in total. The maximum Gasteiger partial charge on any atom is 0.414 e. The van der Waals surface area contributed by atoms with Crippen LogP contribution in [0.2, 0.25) is 0 Å². The number of ether oxygens (including phenoxy) is 2. The van der Waals surface area contributed by atoms with E-state index in [1.807, 2.05) is 11.0 Å². The Hall–Kier alpha value is -3.60. The highest BCUT2D eigenvalue weighted by Gasteiger charge is 2.33. The van der Waals surface area contributed by atoms with Gasteiger partial charge in [-0.1, -0.05) is 0 Å². The number of carbonyl (C=O) groups is 3. The van der Waals surface area contributed by atoms with Crippen molar-refractivity contribution in [1.82, 2.24) is 10.2 Å². The molecule has 0 saturated carbocycles. The van der Waals surface area contributed by atoms with Gasteiger partial charge in [0.05, 0.1) is 31.0 Å². The summed E-state index contributed by atoms with van der Waals surface area (Å²) in [5.41, 5.74) is 0.903. The van der Waals surface area contributed by atoms with Crippen molar-refractivity contribution in [2.24, 2.45) is 0 Å². The summed E-state index contributed by atoms with van der Waals surface area (Å²) in [6, 6.07) is 8.40. The maximum atomic E-state index is 15.0. The predicted octanol–water partition coefficient (Wildman–Crippen LogP) is 2.27. The molecule has 0 aliphatic carbocycles. The van der Waals surface area contributed by atoms with Crippen LogP contribution in [0.25, 0.3) is 0 Å². The summed E-state index contributed by atoms with van der Waals surface area (Å²) in [6.07, 6.45) is -1.04. The third-order valence-corrected chi connectivity index (χ3v) is 5.92. The number of halogens is 1. The van der Waals surface area contributed by atoms with E-state index in [-0.39, 0.29) is 31.6 Å². The molecule has 1 aromatic carbocycles. The van der Waals surface area contributed by atoms with Crippen LogP contribution in [0.5, 0.6) is 0 Å². The van der Waals surface area contributed by atoms with Gasteiger partial charge in [0.2, 0.25) is 5.91 Å². The van der Waals surface area contributed by atoms with Gasteiger partial charge in [-0.05, 0) is 30.3 Å². The van der Waals surface area contributed by atoms with Crippen molar-refractivity contribution >= 4 is 29.3 Å². The summed E-state index contributed by atoms with van der Waals surface area (Å²) in [5.74, 6) is 0.411. The van der Waals surface area contributed by atoms with Gasteiger partial charge in [0, 0.05) is 40.0 Å². The van der Waals surface area contributed by atoms with Gasteiger partial charge in [-0.2, -0.15) is 0 Å². The highest BCUT2D eigenvalue weighted by molar-refractivity contribution is 5.90. The van der Waals surface area contributed by atoms with E-state index in [4.69, 9.17) is 13.9 Å². The summed E-state index contributed by atoms with van der Waals surface area (Å²) in [7, 11) is 0. The zero-order valence-electron chi connectivity index (χ0n) is 19.8. The Morgan fingerprint density at radius 1 is 1.11 bits per heavy atom. The number of benzene rings is 1. The van der Waals surface area contributed by atoms with E-state index < -0.39 is 18.0 Å². The van der Waals surface area contributed by atoms with Crippen LogP contribution in [0.1, 0.15) is 25.4 Å². The number of amides is 2. The molecule has 3 heterocycles. The second-order valence-corrected chi connectivity index (χ2v) is 8.60. The van der Waals surface area contributed by atoms with Gasteiger partial charge in [0.25, 0.3) is 0 Å². The number of esters is 1. The van der Waals surface area contributed by atoms with Crippen LogP contribution in [0.4, 0.5) is 20.6 Å². The molecule has 2 aliphatic rings. The van der Waals surface area contributed by atoms with Gasteiger partial charge in [0.1, 0.15) is 30.0 Å². The summed E-state index contributed by atoms with van der Waals surface area (Å²) >= 11 is 0. The van der Waals surface area contributed by atoms with E-state index in [9.17, 15) is 14.4 Å². The van der Waals surface area contributed by atoms with Crippen LogP contribution >= 0.6 is 0 Å². The lowest BCUT2D eigenvalue weighted by molar-refractivity contribution is -0.142. The van der Waals surface area contributed by atoms with Crippen molar-refractivity contribution in [1.29, 1.82) is 0 Å². The number of hydrogen-bond acceptors (Lipinski definition) is 8. The number of nitrogens with one attached hydrogen (secondary N) is 1. The lowest BCUT2D eigenvalue weighted by atomic mass is 10.2. The molecule has 188 valence electrons. The lowest BCUT2D eigenvalue weighted by Gasteiger charge is -2.36. The van der Waals surface area contributed by atoms with Crippen molar-refractivity contribution in [2.45, 2.75) is 33.1 Å². The van der Waals surface area contributed by atoms with Gasteiger partial charge < -0.3 is 24.1 Å². The topological polar surface area (TPSA) is 105 Å². The molecule has 0 bridgehead atoms. The molecular formula is C24H29FN4O6. The van der Waals surface area contributed by atoms with Crippen molar-refractivity contribution in [3.8, 4) is 0 Å². The molecule has 11 heteroatoms. The Morgan fingerprint density at radius 2 is 1.86 bits per heavy atom. The Balaban J connectivity index is 1.30. The molecule has 1 atom stereocenters. The van der Waals surface area contributed by atoms with E-state index in [2.05, 4.69) is 10.2 Å². The zero-order valence-corrected chi connectivity index (χ0v) is 19.8. The molecule has 35 heavy (non-hydrogen) atoms. The third-order valence-electron chi connectivity index (χ3n) is 5.92. The standard InChI is InChI=1S/C24H29FN4O6/c1-16(30)26-12-21-14-29(24(32)35-21)18-3-6-23(22(25)11-18)28-9-7-27(8-10-28)13-19-4-5-20(34-19)15-33-17(2)31/h3-6,11,21H,7-10,12-15H2,1-2H3,(H,26,30)/t21-/m0/s1. The fourth-order valence-corrected chi connectivity index (χ4v) is 4.14. The van der Waals surface area contributed by atoms with Crippen LogP contribution in [-0.4, -0.2) is 68.2 Å². The minimum Gasteiger partial charge on any atom is -0.461 e. The van der Waals surface area contributed by atoms with Crippen LogP contribution in [-0.2, 0) is 32.2 Å². The highest BCUT2D eigenvalue weighted by Crippen LogP contribution is 2.28. The van der Waals surface area contributed by atoms with Gasteiger partial charge in [-0.15, -0.1) is 0 Å². The molecule has 0 spiro atoms. The summed E-state index contributed by atoms with van der Waals surface area (Å²) in [6.45, 7) is 6.67. The quantitative estimate of drug-likeness (QED) is 0.565. The lowest BCUT2D eigenvalue weighted by Crippen LogP contribution is -2.46. The molecule has 2 fully saturated rings. The molecule has 2 aliphatic heterocycles. The largest absolute Gasteiger partial charge is 0.461 e. The summed E-state index contributed by atoms with van der Waals surface area (Å²) in [5, 5.41) is 2.62. The second kappa shape index (κ2) is 10.8. The van der Waals surface area contributed by atoms with Gasteiger partial charge >= 0.3 is 12.1 Å². The van der Waals surface area contributed by atoms with E-state index in [0.29, 0.717) is 36.8 Å². The second-order valence-electron chi connectivity index (χ2n) is 8.60. The van der Waals surface area contributed by atoms with Crippen molar-refractivity contribution in [3.05, 3.63) is 47.7 Å². The number of hydrogen-bond donors (Lipinski definition) is 1. The Bertz CT molecular complexity index is 1080. The monoisotopic (exact) mass is 488 g/mol. The first-order valence-electron chi connectivity index (χ1n) is 11.5. The Morgan fingerprint density at radius 3 is 2.54 bits per heavy atom. The molecule has 0 radical (unpaired) electrons. The van der Waals surface area contributed by atoms with E-state index in [0.717, 1.165) is 18.8 Å². The number of cyclic esters (lactones) is 1. The maximum absolute atomic E-state index is 15.0. The third kappa shape index (κ3) is 6.30. The summed E-state index contributed by atoms with van der Waals surface area (Å²) < 4.78 is 30.9. The number of anilines is 2. The molecule has 0 unspecified atom stereocenters. The number of carbonyl (C=O) groups excluding carboxylic acids is 3. The fraction of sp³-hybridized carbons (Fsp3) is 0.458. The van der Waals surface area contributed by atoms with Gasteiger partial charge in [-0.25, -0.2) is 9.18 Å². The number of piperazine rings is 1. The van der Waals surface area contributed by atoms with Crippen LogP contribution in [0.3, 0.4) is 0 Å². The minimum absolute atomic E-state index is 0.115. The van der Waals surface area contributed by atoms with Gasteiger partial charge in [0.15, 0.2) is 0 Å². The molecule has 4 rings (SSSR count). The number of furan rings is 1. The molecule has 1 N–H and O–H groups in total. The van der Waals surface area contributed by atoms with Crippen LogP contribution in [0.15, 0.2) is 34.7 Å². The van der Waals surface area contributed by atoms with Crippen molar-refractivity contribution in [3.63, 3.8) is 0 Å². The van der Waals surface area contributed by atoms with E-state index >= 15 is 4.39 Å². The average Bonchev–Trinajstić information content (AvgIpc) is 3.43. The molecule has 1 aromatic heterocycles. The van der Waals surface area contributed by atoms with Crippen LogP contribution < -0.4 is 15.1 Å². The Kier molecular flexibility index (Phi) is 7.54. The first-order chi connectivity index (χ1) is 16.8. The smallest absolute Gasteiger partial charge is 0.414 e. The SMILES string of the molecule is CC(=O)NC[C@H]1CN(c2ccc(N3CCN(Cc4ccc(COC(C)=O)o4)CC3)c(F)c2)C(=O)O1. The van der Waals surface area contributed by atoms with Crippen molar-refractivity contribution in [2.75, 3.05) is 49.1 Å². The van der Waals surface area contributed by atoms with E-state index in [1.54, 1.807) is 18.2 Å². The van der Waals surface area contributed by atoms with E-state index in [1.165, 1.54) is 24.8 Å². The first-order valence-corrected chi connectivity index (χ1v) is 11.5. The first kappa shape index (κ1) is 24.5. The number of nitrogens with zero attached hydrogens (tertiary/aromatic N) is 3. The molecular weight excluding hydrogens is 459 g/mol. The molecule has 2 amide bonds. The van der Waals surface area contributed by atoms with Gasteiger partial charge in [-0.3, -0.25) is 19.4 Å². The highest BCUT2D eigenvalue weighted by atomic mass is 19.1. The fourth-order valence-electron chi connectivity index (χ4n) is 4.14. The number of rotatable bonds is 8. The average molecular weight is 489 g/mol. The normalized spacial score (nSPS) is 18.5.